The third kappa shape index (κ3) is 3.37. The zero-order chi connectivity index (χ0) is 13.0. The molecule has 0 spiro atoms. The Labute approximate surface area is 108 Å². The quantitative estimate of drug-likeness (QED) is 0.839. The lowest BCUT2D eigenvalue weighted by Crippen LogP contribution is -2.34. The third-order valence-corrected chi connectivity index (χ3v) is 3.26. The van der Waals surface area contributed by atoms with E-state index >= 15 is 0 Å². The lowest BCUT2D eigenvalue weighted by atomic mass is 10.1. The van der Waals surface area contributed by atoms with E-state index in [-0.39, 0.29) is 11.9 Å². The zero-order valence-corrected chi connectivity index (χ0v) is 11.3. The minimum absolute atomic E-state index is 0.0205. The van der Waals surface area contributed by atoms with Crippen molar-refractivity contribution in [3.63, 3.8) is 0 Å². The number of benzene rings is 1. The summed E-state index contributed by atoms with van der Waals surface area (Å²) in [6.45, 7) is 4.15. The molecule has 0 aliphatic rings. The molecule has 1 atom stereocenters. The van der Waals surface area contributed by atoms with E-state index in [1.54, 1.807) is 23.1 Å². The lowest BCUT2D eigenvalue weighted by molar-refractivity contribution is 0.0737. The topological polar surface area (TPSA) is 46.3 Å². The van der Waals surface area contributed by atoms with Gasteiger partial charge in [-0.25, -0.2) is 0 Å². The van der Waals surface area contributed by atoms with Gasteiger partial charge in [-0.3, -0.25) is 4.79 Å². The number of carbonyl (C=O) groups is 1. The summed E-state index contributed by atoms with van der Waals surface area (Å²) in [5.74, 6) is -0.0205. The van der Waals surface area contributed by atoms with E-state index in [0.29, 0.717) is 16.3 Å². The Morgan fingerprint density at radius 2 is 2.18 bits per heavy atom. The van der Waals surface area contributed by atoms with Crippen LogP contribution in [0.15, 0.2) is 18.2 Å². The van der Waals surface area contributed by atoms with E-state index in [9.17, 15) is 4.79 Å². The number of halogens is 1. The summed E-state index contributed by atoms with van der Waals surface area (Å²) in [6.07, 6.45) is 2.05. The first-order chi connectivity index (χ1) is 7.97. The first-order valence-corrected chi connectivity index (χ1v) is 6.17. The maximum Gasteiger partial charge on any atom is 0.253 e. The molecule has 1 unspecified atom stereocenters. The highest BCUT2D eigenvalue weighted by Crippen LogP contribution is 2.21. The minimum Gasteiger partial charge on any atom is -0.398 e. The normalized spacial score (nSPS) is 12.2. The number of amides is 1. The SMILES string of the molecule is CCCC(C)N(C)C(=O)c1ccc(N)c(Cl)c1. The fourth-order valence-electron chi connectivity index (χ4n) is 1.68. The molecule has 0 fully saturated rings. The van der Waals surface area contributed by atoms with Gasteiger partial charge in [0.15, 0.2) is 0 Å². The van der Waals surface area contributed by atoms with Gasteiger partial charge in [0.05, 0.1) is 10.7 Å². The van der Waals surface area contributed by atoms with Gasteiger partial charge in [-0.2, -0.15) is 0 Å². The molecule has 94 valence electrons. The molecule has 2 N–H and O–H groups in total. The number of hydrogen-bond acceptors (Lipinski definition) is 2. The number of nitrogen functional groups attached to an aromatic ring is 1. The number of carbonyl (C=O) groups excluding carboxylic acids is 1. The lowest BCUT2D eigenvalue weighted by Gasteiger charge is -2.24. The average molecular weight is 255 g/mol. The number of anilines is 1. The Bertz CT molecular complexity index is 406. The molecule has 4 heteroatoms. The van der Waals surface area contributed by atoms with Crippen LogP contribution in [0, 0.1) is 0 Å². The highest BCUT2D eigenvalue weighted by Gasteiger charge is 2.17. The molecule has 1 amide bonds. The second-order valence-electron chi connectivity index (χ2n) is 4.29. The minimum atomic E-state index is -0.0205. The molecule has 0 heterocycles. The predicted octanol–water partition coefficient (Wildman–Crippen LogP) is 3.18. The summed E-state index contributed by atoms with van der Waals surface area (Å²) in [5.41, 5.74) is 6.69. The highest BCUT2D eigenvalue weighted by molar-refractivity contribution is 6.33. The Balaban J connectivity index is 2.85. The zero-order valence-electron chi connectivity index (χ0n) is 10.5. The van der Waals surface area contributed by atoms with Crippen molar-refractivity contribution in [3.05, 3.63) is 28.8 Å². The van der Waals surface area contributed by atoms with Gasteiger partial charge in [0, 0.05) is 18.7 Å². The number of nitrogens with zero attached hydrogens (tertiary/aromatic N) is 1. The van der Waals surface area contributed by atoms with E-state index in [0.717, 1.165) is 12.8 Å². The van der Waals surface area contributed by atoms with Crippen molar-refractivity contribution in [1.82, 2.24) is 4.90 Å². The molecule has 1 aromatic rings. The van der Waals surface area contributed by atoms with Crippen molar-refractivity contribution in [2.45, 2.75) is 32.7 Å². The first-order valence-electron chi connectivity index (χ1n) is 5.79. The van der Waals surface area contributed by atoms with Gasteiger partial charge in [0.25, 0.3) is 5.91 Å². The summed E-state index contributed by atoms with van der Waals surface area (Å²) in [7, 11) is 1.81. The molecule has 17 heavy (non-hydrogen) atoms. The van der Waals surface area contributed by atoms with Crippen LogP contribution in [0.3, 0.4) is 0 Å². The van der Waals surface area contributed by atoms with Gasteiger partial charge in [-0.05, 0) is 31.5 Å². The van der Waals surface area contributed by atoms with Crippen molar-refractivity contribution in [1.29, 1.82) is 0 Å². The molecular weight excluding hydrogens is 236 g/mol. The number of nitrogens with two attached hydrogens (primary N) is 1. The molecule has 0 saturated carbocycles. The Morgan fingerprint density at radius 1 is 1.53 bits per heavy atom. The van der Waals surface area contributed by atoms with Crippen LogP contribution in [-0.2, 0) is 0 Å². The van der Waals surface area contributed by atoms with Gasteiger partial charge in [-0.15, -0.1) is 0 Å². The summed E-state index contributed by atoms with van der Waals surface area (Å²) in [4.78, 5) is 13.9. The van der Waals surface area contributed by atoms with Crippen LogP contribution in [-0.4, -0.2) is 23.9 Å². The van der Waals surface area contributed by atoms with Crippen molar-refractivity contribution in [3.8, 4) is 0 Å². The van der Waals surface area contributed by atoms with E-state index in [1.165, 1.54) is 0 Å². The number of rotatable bonds is 4. The van der Waals surface area contributed by atoms with Crippen molar-refractivity contribution in [2.75, 3.05) is 12.8 Å². The summed E-state index contributed by atoms with van der Waals surface area (Å²) in [5, 5.41) is 0.424. The molecule has 1 aromatic carbocycles. The van der Waals surface area contributed by atoms with Crippen LogP contribution < -0.4 is 5.73 Å². The Hall–Kier alpha value is -1.22. The van der Waals surface area contributed by atoms with Crippen molar-refractivity contribution < 1.29 is 4.79 Å². The molecule has 1 rings (SSSR count). The van der Waals surface area contributed by atoms with Gasteiger partial charge in [-0.1, -0.05) is 24.9 Å². The Kier molecular flexibility index (Phi) is 4.82. The smallest absolute Gasteiger partial charge is 0.253 e. The standard InChI is InChI=1S/C13H19ClN2O/c1-4-5-9(2)16(3)13(17)10-6-7-12(15)11(14)8-10/h6-9H,4-5,15H2,1-3H3. The first kappa shape index (κ1) is 13.8. The second kappa shape index (κ2) is 5.92. The molecule has 3 nitrogen and oxygen atoms in total. The van der Waals surface area contributed by atoms with Crippen molar-refractivity contribution >= 4 is 23.2 Å². The molecular formula is C13H19ClN2O. The van der Waals surface area contributed by atoms with E-state index in [2.05, 4.69) is 6.92 Å². The third-order valence-electron chi connectivity index (χ3n) is 2.94. The highest BCUT2D eigenvalue weighted by atomic mass is 35.5. The molecule has 0 radical (unpaired) electrons. The summed E-state index contributed by atoms with van der Waals surface area (Å²) < 4.78 is 0. The van der Waals surface area contributed by atoms with Gasteiger partial charge >= 0.3 is 0 Å². The van der Waals surface area contributed by atoms with Crippen LogP contribution in [0.1, 0.15) is 37.0 Å². The summed E-state index contributed by atoms with van der Waals surface area (Å²) in [6, 6.07) is 5.21. The molecule has 0 aromatic heterocycles. The molecule has 0 aliphatic heterocycles. The predicted molar refractivity (Wildman–Crippen MR) is 72.3 cm³/mol. The Morgan fingerprint density at radius 3 is 2.71 bits per heavy atom. The van der Waals surface area contributed by atoms with Gasteiger partial charge < -0.3 is 10.6 Å². The largest absolute Gasteiger partial charge is 0.398 e. The maximum absolute atomic E-state index is 12.2. The monoisotopic (exact) mass is 254 g/mol. The average Bonchev–Trinajstić information content (AvgIpc) is 2.31. The van der Waals surface area contributed by atoms with Gasteiger partial charge in [0.2, 0.25) is 0 Å². The maximum atomic E-state index is 12.2. The number of hydrogen-bond donors (Lipinski definition) is 1. The molecule has 0 bridgehead atoms. The fraction of sp³-hybridized carbons (Fsp3) is 0.462. The van der Waals surface area contributed by atoms with E-state index < -0.39 is 0 Å². The van der Waals surface area contributed by atoms with Crippen LogP contribution in [0.2, 0.25) is 5.02 Å². The fourth-order valence-corrected chi connectivity index (χ4v) is 1.86. The van der Waals surface area contributed by atoms with E-state index in [4.69, 9.17) is 17.3 Å². The van der Waals surface area contributed by atoms with E-state index in [1.807, 2.05) is 14.0 Å². The van der Waals surface area contributed by atoms with Crippen LogP contribution in [0.25, 0.3) is 0 Å². The molecule has 0 saturated heterocycles. The second-order valence-corrected chi connectivity index (χ2v) is 4.70. The summed E-state index contributed by atoms with van der Waals surface area (Å²) >= 11 is 5.91. The van der Waals surface area contributed by atoms with Gasteiger partial charge in [0.1, 0.15) is 0 Å². The molecule has 0 aliphatic carbocycles. The van der Waals surface area contributed by atoms with Crippen LogP contribution in [0.5, 0.6) is 0 Å². The van der Waals surface area contributed by atoms with Crippen molar-refractivity contribution in [2.24, 2.45) is 0 Å². The van der Waals surface area contributed by atoms with Crippen LogP contribution >= 0.6 is 11.6 Å². The van der Waals surface area contributed by atoms with Crippen LogP contribution in [0.4, 0.5) is 5.69 Å².